The van der Waals surface area contributed by atoms with Gasteiger partial charge in [-0.05, 0) is 41.1 Å². The van der Waals surface area contributed by atoms with E-state index in [-0.39, 0.29) is 0 Å². The van der Waals surface area contributed by atoms with Gasteiger partial charge < -0.3 is 4.74 Å². The molecule has 0 saturated heterocycles. The van der Waals surface area contributed by atoms with Gasteiger partial charge in [-0.15, -0.1) is 5.10 Å². The molecule has 0 fully saturated rings. The first-order valence-electron chi connectivity index (χ1n) is 6.14. The van der Waals surface area contributed by atoms with Crippen LogP contribution in [-0.4, -0.2) is 27.3 Å². The minimum Gasteiger partial charge on any atom is -0.496 e. The molecule has 5 nitrogen and oxygen atoms in total. The number of aromatic nitrogens is 4. The Balaban J connectivity index is 2.08. The predicted octanol–water partition coefficient (Wildman–Crippen LogP) is 2.52. The van der Waals surface area contributed by atoms with Gasteiger partial charge in [-0.1, -0.05) is 30.3 Å². The maximum absolute atomic E-state index is 5.21. The number of rotatable bonds is 3. The molecular formula is C15H13N4O. The molecule has 1 aromatic heterocycles. The molecule has 0 spiro atoms. The summed E-state index contributed by atoms with van der Waals surface area (Å²) >= 11 is 0. The fraction of sp³-hybridized carbons (Fsp3) is 0.0667. The Labute approximate surface area is 116 Å². The van der Waals surface area contributed by atoms with Crippen LogP contribution in [-0.2, 0) is 0 Å². The quantitative estimate of drug-likeness (QED) is 0.730. The average Bonchev–Trinajstić information content (AvgIpc) is 2.97. The number of tetrazole rings is 1. The monoisotopic (exact) mass is 265 g/mol. The van der Waals surface area contributed by atoms with E-state index in [0.717, 1.165) is 22.6 Å². The largest absolute Gasteiger partial charge is 0.496 e. The Kier molecular flexibility index (Phi) is 3.16. The molecular weight excluding hydrogens is 252 g/mol. The first-order chi connectivity index (χ1) is 9.79. The number of methoxy groups -OCH3 is 1. The van der Waals surface area contributed by atoms with Gasteiger partial charge in [0.15, 0.2) is 5.82 Å². The Morgan fingerprint density at radius 2 is 1.90 bits per heavy atom. The Morgan fingerprint density at radius 1 is 1.10 bits per heavy atom. The van der Waals surface area contributed by atoms with Gasteiger partial charge in [-0.3, -0.25) is 0 Å². The highest BCUT2D eigenvalue weighted by molar-refractivity contribution is 5.58. The Hall–Kier alpha value is -2.69. The van der Waals surface area contributed by atoms with Crippen LogP contribution in [0.1, 0.15) is 5.56 Å². The van der Waals surface area contributed by atoms with Crippen LogP contribution in [0.25, 0.3) is 17.1 Å². The van der Waals surface area contributed by atoms with Gasteiger partial charge in [-0.2, -0.15) is 4.68 Å². The van der Waals surface area contributed by atoms with Crippen molar-refractivity contribution in [3.05, 3.63) is 61.0 Å². The molecule has 1 radical (unpaired) electrons. The lowest BCUT2D eigenvalue weighted by molar-refractivity contribution is 0.413. The summed E-state index contributed by atoms with van der Waals surface area (Å²) in [6, 6.07) is 15.4. The normalized spacial score (nSPS) is 10.5. The Bertz CT molecular complexity index is 722. The minimum atomic E-state index is 0.690. The standard InChI is InChI=1S/C15H13N4O/c1-11-10-13(8-9-14(11)20-2)19-15(16-17-18-19)12-6-4-3-5-7-12/h3-10H,1H2,2H3. The van der Waals surface area contributed by atoms with Crippen molar-refractivity contribution in [1.29, 1.82) is 0 Å². The summed E-state index contributed by atoms with van der Waals surface area (Å²) in [5.41, 5.74) is 2.60. The summed E-state index contributed by atoms with van der Waals surface area (Å²) < 4.78 is 6.89. The number of hydrogen-bond acceptors (Lipinski definition) is 4. The van der Waals surface area contributed by atoms with Crippen LogP contribution in [0.2, 0.25) is 0 Å². The lowest BCUT2D eigenvalue weighted by atomic mass is 10.2. The van der Waals surface area contributed by atoms with E-state index in [4.69, 9.17) is 4.74 Å². The second-order valence-electron chi connectivity index (χ2n) is 4.28. The van der Waals surface area contributed by atoms with E-state index in [0.29, 0.717) is 5.82 Å². The van der Waals surface area contributed by atoms with Crippen molar-refractivity contribution in [2.24, 2.45) is 0 Å². The number of ether oxygens (including phenoxy) is 1. The van der Waals surface area contributed by atoms with Gasteiger partial charge in [-0.25, -0.2) is 0 Å². The number of benzene rings is 2. The summed E-state index contributed by atoms with van der Waals surface area (Å²) in [5.74, 6) is 1.43. The van der Waals surface area contributed by atoms with Gasteiger partial charge in [0.1, 0.15) is 5.75 Å². The van der Waals surface area contributed by atoms with Crippen molar-refractivity contribution in [1.82, 2.24) is 20.2 Å². The van der Waals surface area contributed by atoms with Gasteiger partial charge >= 0.3 is 0 Å². The zero-order valence-electron chi connectivity index (χ0n) is 11.0. The van der Waals surface area contributed by atoms with Gasteiger partial charge in [0, 0.05) is 5.56 Å². The van der Waals surface area contributed by atoms with Crippen molar-refractivity contribution in [2.45, 2.75) is 0 Å². The second kappa shape index (κ2) is 5.13. The van der Waals surface area contributed by atoms with Gasteiger partial charge in [0.25, 0.3) is 0 Å². The zero-order chi connectivity index (χ0) is 13.9. The van der Waals surface area contributed by atoms with E-state index in [1.165, 1.54) is 0 Å². The molecule has 1 heterocycles. The lowest BCUT2D eigenvalue weighted by Crippen LogP contribution is -2.00. The highest BCUT2D eigenvalue weighted by atomic mass is 16.5. The number of hydrogen-bond donors (Lipinski definition) is 0. The van der Waals surface area contributed by atoms with Crippen molar-refractivity contribution in [3.8, 4) is 22.8 Å². The summed E-state index contributed by atoms with van der Waals surface area (Å²) in [6.07, 6.45) is 0. The molecule has 0 amide bonds. The molecule has 0 N–H and O–H groups in total. The molecule has 0 aliphatic heterocycles. The first-order valence-corrected chi connectivity index (χ1v) is 6.14. The van der Waals surface area contributed by atoms with Crippen molar-refractivity contribution in [2.75, 3.05) is 7.11 Å². The van der Waals surface area contributed by atoms with E-state index in [2.05, 4.69) is 22.4 Å². The van der Waals surface area contributed by atoms with Crippen molar-refractivity contribution in [3.63, 3.8) is 0 Å². The lowest BCUT2D eigenvalue weighted by Gasteiger charge is -2.08. The van der Waals surface area contributed by atoms with E-state index >= 15 is 0 Å². The van der Waals surface area contributed by atoms with Crippen LogP contribution < -0.4 is 4.74 Å². The molecule has 0 aliphatic carbocycles. The third-order valence-electron chi connectivity index (χ3n) is 3.01. The SMILES string of the molecule is [CH2]c1cc(-n2nnnc2-c2ccccc2)ccc1OC. The van der Waals surface area contributed by atoms with Crippen LogP contribution >= 0.6 is 0 Å². The maximum Gasteiger partial charge on any atom is 0.187 e. The molecule has 99 valence electrons. The highest BCUT2D eigenvalue weighted by Crippen LogP contribution is 2.23. The molecule has 0 saturated carbocycles. The minimum absolute atomic E-state index is 0.690. The third-order valence-corrected chi connectivity index (χ3v) is 3.01. The summed E-state index contributed by atoms with van der Waals surface area (Å²) in [5, 5.41) is 11.9. The third kappa shape index (κ3) is 2.14. The van der Waals surface area contributed by atoms with Crippen LogP contribution in [0.15, 0.2) is 48.5 Å². The second-order valence-corrected chi connectivity index (χ2v) is 4.28. The topological polar surface area (TPSA) is 52.8 Å². The summed E-state index contributed by atoms with van der Waals surface area (Å²) in [6.45, 7) is 3.96. The summed E-state index contributed by atoms with van der Waals surface area (Å²) in [4.78, 5) is 0. The fourth-order valence-electron chi connectivity index (χ4n) is 2.02. The van der Waals surface area contributed by atoms with Crippen LogP contribution in [0.3, 0.4) is 0 Å². The van der Waals surface area contributed by atoms with E-state index in [1.54, 1.807) is 11.8 Å². The molecule has 0 unspecified atom stereocenters. The zero-order valence-corrected chi connectivity index (χ0v) is 11.0. The van der Waals surface area contributed by atoms with Crippen LogP contribution in [0.5, 0.6) is 5.75 Å². The van der Waals surface area contributed by atoms with Crippen LogP contribution in [0, 0.1) is 6.92 Å². The van der Waals surface area contributed by atoms with Crippen LogP contribution in [0.4, 0.5) is 0 Å². The maximum atomic E-state index is 5.21. The average molecular weight is 265 g/mol. The molecule has 0 bridgehead atoms. The van der Waals surface area contributed by atoms with E-state index in [9.17, 15) is 0 Å². The highest BCUT2D eigenvalue weighted by Gasteiger charge is 2.11. The molecule has 2 aromatic carbocycles. The summed E-state index contributed by atoms with van der Waals surface area (Å²) in [7, 11) is 1.62. The van der Waals surface area contributed by atoms with E-state index < -0.39 is 0 Å². The Morgan fingerprint density at radius 3 is 2.60 bits per heavy atom. The molecule has 3 aromatic rings. The molecule has 3 rings (SSSR count). The molecule has 20 heavy (non-hydrogen) atoms. The van der Waals surface area contributed by atoms with Crippen molar-refractivity contribution >= 4 is 0 Å². The molecule has 0 aliphatic rings. The number of nitrogens with zero attached hydrogens (tertiary/aromatic N) is 4. The van der Waals surface area contributed by atoms with Crippen molar-refractivity contribution < 1.29 is 4.74 Å². The molecule has 0 atom stereocenters. The van der Waals surface area contributed by atoms with E-state index in [1.807, 2.05) is 48.5 Å². The van der Waals surface area contributed by atoms with Gasteiger partial charge in [0.05, 0.1) is 12.8 Å². The fourth-order valence-corrected chi connectivity index (χ4v) is 2.02. The predicted molar refractivity (Wildman–Crippen MR) is 75.6 cm³/mol. The molecule has 5 heteroatoms. The first kappa shape index (κ1) is 12.3. The smallest absolute Gasteiger partial charge is 0.187 e. The van der Waals surface area contributed by atoms with Gasteiger partial charge in [0.2, 0.25) is 0 Å².